The molecule has 0 radical (unpaired) electrons. The van der Waals surface area contributed by atoms with E-state index in [9.17, 15) is 4.79 Å². The van der Waals surface area contributed by atoms with Crippen molar-refractivity contribution in [3.05, 3.63) is 24.3 Å². The fourth-order valence-corrected chi connectivity index (χ4v) is 1.43. The van der Waals surface area contributed by atoms with Gasteiger partial charge in [-0.1, -0.05) is 13.0 Å². The lowest BCUT2D eigenvalue weighted by Crippen LogP contribution is -2.40. The number of methoxy groups -OCH3 is 1. The van der Waals surface area contributed by atoms with E-state index in [1.807, 2.05) is 6.92 Å². The minimum absolute atomic E-state index is 0.0149. The largest absolute Gasteiger partial charge is 0.399 e. The summed E-state index contributed by atoms with van der Waals surface area (Å²) in [6, 6.07) is 6.81. The maximum Gasteiger partial charge on any atom is 0.319 e. The van der Waals surface area contributed by atoms with Gasteiger partial charge in [-0.25, -0.2) is 4.79 Å². The van der Waals surface area contributed by atoms with Crippen LogP contribution < -0.4 is 16.4 Å². The highest BCUT2D eigenvalue weighted by Crippen LogP contribution is 2.11. The molecule has 0 bridgehead atoms. The van der Waals surface area contributed by atoms with Crippen molar-refractivity contribution in [1.29, 1.82) is 0 Å². The highest BCUT2D eigenvalue weighted by Gasteiger charge is 2.09. The second-order valence-electron chi connectivity index (χ2n) is 3.78. The van der Waals surface area contributed by atoms with E-state index in [0.717, 1.165) is 6.42 Å². The molecule has 4 N–H and O–H groups in total. The smallest absolute Gasteiger partial charge is 0.319 e. The second-order valence-corrected chi connectivity index (χ2v) is 3.78. The molecule has 0 aliphatic heterocycles. The van der Waals surface area contributed by atoms with Gasteiger partial charge in [0.15, 0.2) is 0 Å². The van der Waals surface area contributed by atoms with Crippen LogP contribution in [0.5, 0.6) is 0 Å². The summed E-state index contributed by atoms with van der Waals surface area (Å²) in [5.41, 5.74) is 6.91. The molecule has 0 saturated heterocycles. The van der Waals surface area contributed by atoms with Crippen LogP contribution in [0, 0.1) is 0 Å². The van der Waals surface area contributed by atoms with Crippen LogP contribution in [0.1, 0.15) is 13.3 Å². The molecule has 0 aliphatic rings. The number of nitrogens with two attached hydrogens (primary N) is 1. The Labute approximate surface area is 101 Å². The molecule has 2 amide bonds. The van der Waals surface area contributed by atoms with E-state index in [0.29, 0.717) is 18.0 Å². The predicted octanol–water partition coefficient (Wildman–Crippen LogP) is 1.82. The highest BCUT2D eigenvalue weighted by molar-refractivity contribution is 5.89. The van der Waals surface area contributed by atoms with Gasteiger partial charge in [-0.2, -0.15) is 0 Å². The molecule has 0 heterocycles. The maximum atomic E-state index is 11.6. The molecule has 0 saturated carbocycles. The van der Waals surface area contributed by atoms with Crippen LogP contribution in [0.3, 0.4) is 0 Å². The molecule has 1 aromatic rings. The predicted molar refractivity (Wildman–Crippen MR) is 69.0 cm³/mol. The third-order valence-corrected chi connectivity index (χ3v) is 2.34. The van der Waals surface area contributed by atoms with Gasteiger partial charge in [0.05, 0.1) is 12.6 Å². The first-order valence-corrected chi connectivity index (χ1v) is 5.57. The summed E-state index contributed by atoms with van der Waals surface area (Å²) in [7, 11) is 1.61. The van der Waals surface area contributed by atoms with E-state index in [4.69, 9.17) is 10.5 Å². The Kier molecular flexibility index (Phi) is 5.29. The summed E-state index contributed by atoms with van der Waals surface area (Å²) in [5, 5.41) is 5.54. The number of carbonyl (C=O) groups excluding carboxylic acids is 1. The van der Waals surface area contributed by atoms with Gasteiger partial charge in [0.1, 0.15) is 0 Å². The summed E-state index contributed by atoms with van der Waals surface area (Å²) >= 11 is 0. The zero-order valence-electron chi connectivity index (χ0n) is 10.2. The van der Waals surface area contributed by atoms with Crippen molar-refractivity contribution >= 4 is 17.4 Å². The summed E-state index contributed by atoms with van der Waals surface area (Å²) in [5.74, 6) is 0. The van der Waals surface area contributed by atoms with Crippen molar-refractivity contribution in [2.75, 3.05) is 24.8 Å². The standard InChI is InChI=1S/C12H19N3O2/c1-3-10(8-17-2)14-12(16)15-11-6-4-5-9(13)7-11/h4-7,10H,3,8,13H2,1-2H3,(H2,14,15,16). The third kappa shape index (κ3) is 4.74. The molecule has 94 valence electrons. The SMILES string of the molecule is CCC(COC)NC(=O)Nc1cccc(N)c1. The Morgan fingerprint density at radius 2 is 2.29 bits per heavy atom. The number of ether oxygens (including phenoxy) is 1. The van der Waals surface area contributed by atoms with E-state index < -0.39 is 0 Å². The quantitative estimate of drug-likeness (QED) is 0.684. The minimum Gasteiger partial charge on any atom is -0.399 e. The van der Waals surface area contributed by atoms with Gasteiger partial charge in [-0.15, -0.1) is 0 Å². The van der Waals surface area contributed by atoms with Gasteiger partial charge in [-0.05, 0) is 24.6 Å². The van der Waals surface area contributed by atoms with Crippen molar-refractivity contribution in [1.82, 2.24) is 5.32 Å². The molecule has 5 nitrogen and oxygen atoms in total. The first kappa shape index (κ1) is 13.3. The normalized spacial score (nSPS) is 11.9. The molecule has 1 unspecified atom stereocenters. The first-order valence-electron chi connectivity index (χ1n) is 5.57. The van der Waals surface area contributed by atoms with Gasteiger partial charge in [0.2, 0.25) is 0 Å². The Hall–Kier alpha value is -1.75. The molecule has 1 atom stereocenters. The molecular formula is C12H19N3O2. The van der Waals surface area contributed by atoms with Crippen molar-refractivity contribution in [2.24, 2.45) is 0 Å². The van der Waals surface area contributed by atoms with Gasteiger partial charge in [-0.3, -0.25) is 0 Å². The van der Waals surface area contributed by atoms with Crippen molar-refractivity contribution < 1.29 is 9.53 Å². The van der Waals surface area contributed by atoms with Crippen LogP contribution in [0.15, 0.2) is 24.3 Å². The number of hydrogen-bond acceptors (Lipinski definition) is 3. The molecular weight excluding hydrogens is 218 g/mol. The Bertz CT molecular complexity index is 369. The summed E-state index contributed by atoms with van der Waals surface area (Å²) in [6.45, 7) is 2.49. The van der Waals surface area contributed by atoms with Gasteiger partial charge in [0.25, 0.3) is 0 Å². The second kappa shape index (κ2) is 6.75. The van der Waals surface area contributed by atoms with Crippen molar-refractivity contribution in [2.45, 2.75) is 19.4 Å². The molecule has 17 heavy (non-hydrogen) atoms. The first-order chi connectivity index (χ1) is 8.15. The van der Waals surface area contributed by atoms with Crippen LogP contribution in [-0.4, -0.2) is 25.8 Å². The molecule has 0 spiro atoms. The van der Waals surface area contributed by atoms with E-state index in [2.05, 4.69) is 10.6 Å². The van der Waals surface area contributed by atoms with Crippen molar-refractivity contribution in [3.63, 3.8) is 0 Å². The molecule has 0 aliphatic carbocycles. The number of urea groups is 1. The maximum absolute atomic E-state index is 11.6. The van der Waals surface area contributed by atoms with Crippen LogP contribution >= 0.6 is 0 Å². The fourth-order valence-electron chi connectivity index (χ4n) is 1.43. The number of nitrogens with one attached hydrogen (secondary N) is 2. The van der Waals surface area contributed by atoms with E-state index >= 15 is 0 Å². The zero-order valence-corrected chi connectivity index (χ0v) is 10.2. The van der Waals surface area contributed by atoms with Crippen LogP contribution in [0.25, 0.3) is 0 Å². The molecule has 1 aromatic carbocycles. The zero-order chi connectivity index (χ0) is 12.7. The summed E-state index contributed by atoms with van der Waals surface area (Å²) in [6.07, 6.45) is 0.818. The number of hydrogen-bond donors (Lipinski definition) is 3. The highest BCUT2D eigenvalue weighted by atomic mass is 16.5. The Morgan fingerprint density at radius 1 is 1.53 bits per heavy atom. The topological polar surface area (TPSA) is 76.4 Å². The number of anilines is 2. The fraction of sp³-hybridized carbons (Fsp3) is 0.417. The van der Waals surface area contributed by atoms with Crippen molar-refractivity contribution in [3.8, 4) is 0 Å². The van der Waals surface area contributed by atoms with E-state index in [1.54, 1.807) is 31.4 Å². The lowest BCUT2D eigenvalue weighted by atomic mass is 10.2. The van der Waals surface area contributed by atoms with Crippen LogP contribution in [-0.2, 0) is 4.74 Å². The lowest BCUT2D eigenvalue weighted by Gasteiger charge is -2.16. The number of carbonyl (C=O) groups is 1. The van der Waals surface area contributed by atoms with Gasteiger partial charge in [0, 0.05) is 18.5 Å². The van der Waals surface area contributed by atoms with Crippen LogP contribution in [0.4, 0.5) is 16.2 Å². The van der Waals surface area contributed by atoms with Gasteiger partial charge < -0.3 is 21.1 Å². The van der Waals surface area contributed by atoms with E-state index in [1.165, 1.54) is 0 Å². The molecule has 0 fully saturated rings. The lowest BCUT2D eigenvalue weighted by molar-refractivity contribution is 0.165. The van der Waals surface area contributed by atoms with E-state index in [-0.39, 0.29) is 12.1 Å². The molecule has 0 aromatic heterocycles. The minimum atomic E-state index is -0.250. The van der Waals surface area contributed by atoms with Crippen LogP contribution in [0.2, 0.25) is 0 Å². The third-order valence-electron chi connectivity index (χ3n) is 2.34. The summed E-state index contributed by atoms with van der Waals surface area (Å²) in [4.78, 5) is 11.6. The summed E-state index contributed by atoms with van der Waals surface area (Å²) < 4.78 is 5.00. The molecule has 1 rings (SSSR count). The number of benzene rings is 1. The monoisotopic (exact) mass is 237 g/mol. The number of amides is 2. The Balaban J connectivity index is 2.49. The molecule has 5 heteroatoms. The average Bonchev–Trinajstić information content (AvgIpc) is 2.28. The Morgan fingerprint density at radius 3 is 2.88 bits per heavy atom. The number of nitrogen functional groups attached to an aromatic ring is 1. The average molecular weight is 237 g/mol. The van der Waals surface area contributed by atoms with Gasteiger partial charge >= 0.3 is 6.03 Å². The number of rotatable bonds is 5.